The zero-order valence-electron chi connectivity index (χ0n) is 8.47. The highest BCUT2D eigenvalue weighted by atomic mass is 14.0. The van der Waals surface area contributed by atoms with E-state index < -0.39 is 0 Å². The van der Waals surface area contributed by atoms with E-state index in [1.807, 2.05) is 12.2 Å². The van der Waals surface area contributed by atoms with E-state index in [-0.39, 0.29) is 0 Å². The molecule has 0 spiro atoms. The average molecular weight is 176 g/mol. The van der Waals surface area contributed by atoms with E-state index in [4.69, 9.17) is 0 Å². The SMILES string of the molecule is C=CCC=CCCCC(=C)CC=C. The van der Waals surface area contributed by atoms with Gasteiger partial charge in [0, 0.05) is 0 Å². The van der Waals surface area contributed by atoms with Gasteiger partial charge in [-0.3, -0.25) is 0 Å². The summed E-state index contributed by atoms with van der Waals surface area (Å²) < 4.78 is 0. The van der Waals surface area contributed by atoms with Crippen LogP contribution < -0.4 is 0 Å². The predicted molar refractivity (Wildman–Crippen MR) is 61.8 cm³/mol. The molecule has 0 saturated carbocycles. The third-order valence-electron chi connectivity index (χ3n) is 1.80. The first kappa shape index (κ1) is 12.0. The molecule has 0 atom stereocenters. The van der Waals surface area contributed by atoms with Crippen molar-refractivity contribution in [3.05, 3.63) is 49.6 Å². The molecule has 0 amide bonds. The molecule has 0 bridgehead atoms. The molecule has 0 aromatic carbocycles. The Morgan fingerprint density at radius 2 is 1.85 bits per heavy atom. The molecule has 0 heteroatoms. The van der Waals surface area contributed by atoms with Crippen LogP contribution in [0.5, 0.6) is 0 Å². The molecule has 0 radical (unpaired) electrons. The molecule has 0 heterocycles. The van der Waals surface area contributed by atoms with Gasteiger partial charge < -0.3 is 0 Å². The quantitative estimate of drug-likeness (QED) is 0.379. The summed E-state index contributed by atoms with van der Waals surface area (Å²) >= 11 is 0. The van der Waals surface area contributed by atoms with E-state index in [0.717, 1.165) is 25.7 Å². The van der Waals surface area contributed by atoms with Crippen molar-refractivity contribution < 1.29 is 0 Å². The lowest BCUT2D eigenvalue weighted by molar-refractivity contribution is 0.818. The summed E-state index contributed by atoms with van der Waals surface area (Å²) in [4.78, 5) is 0. The summed E-state index contributed by atoms with van der Waals surface area (Å²) in [7, 11) is 0. The molecule has 0 aliphatic heterocycles. The van der Waals surface area contributed by atoms with Crippen LogP contribution in [-0.2, 0) is 0 Å². The Kier molecular flexibility index (Phi) is 8.33. The van der Waals surface area contributed by atoms with Gasteiger partial charge in [-0.25, -0.2) is 0 Å². The van der Waals surface area contributed by atoms with E-state index in [2.05, 4.69) is 31.9 Å². The van der Waals surface area contributed by atoms with E-state index in [1.165, 1.54) is 12.0 Å². The average Bonchev–Trinajstić information content (AvgIpc) is 2.11. The van der Waals surface area contributed by atoms with Gasteiger partial charge in [0.2, 0.25) is 0 Å². The minimum absolute atomic E-state index is 0.955. The van der Waals surface area contributed by atoms with E-state index in [9.17, 15) is 0 Å². The normalized spacial score (nSPS) is 10.2. The van der Waals surface area contributed by atoms with Crippen LogP contribution in [0.15, 0.2) is 49.6 Å². The molecule has 0 nitrogen and oxygen atoms in total. The standard InChI is InChI=1S/C13H20/c1-4-6-7-8-9-10-12-13(3)11-5-2/h4-5,7-8H,1-3,6,9-12H2. The predicted octanol–water partition coefficient (Wildman–Crippen LogP) is 4.42. The summed E-state index contributed by atoms with van der Waals surface area (Å²) in [5.74, 6) is 0. The Balaban J connectivity index is 3.29. The fourth-order valence-corrected chi connectivity index (χ4v) is 1.09. The summed E-state index contributed by atoms with van der Waals surface area (Å²) in [6.07, 6.45) is 13.6. The summed E-state index contributed by atoms with van der Waals surface area (Å²) in [5.41, 5.74) is 1.28. The van der Waals surface area contributed by atoms with Gasteiger partial charge in [0.25, 0.3) is 0 Å². The van der Waals surface area contributed by atoms with E-state index in [1.54, 1.807) is 0 Å². The van der Waals surface area contributed by atoms with Crippen molar-refractivity contribution >= 4 is 0 Å². The lowest BCUT2D eigenvalue weighted by Gasteiger charge is -1.99. The van der Waals surface area contributed by atoms with Crippen molar-refractivity contribution in [2.24, 2.45) is 0 Å². The van der Waals surface area contributed by atoms with Crippen molar-refractivity contribution in [1.29, 1.82) is 0 Å². The second-order valence-corrected chi connectivity index (χ2v) is 3.13. The smallest absolute Gasteiger partial charge is 0.0144 e. The largest absolute Gasteiger partial charge is 0.103 e. The highest BCUT2D eigenvalue weighted by molar-refractivity contribution is 5.00. The van der Waals surface area contributed by atoms with Crippen LogP contribution in [-0.4, -0.2) is 0 Å². The molecule has 72 valence electrons. The summed E-state index contributed by atoms with van der Waals surface area (Å²) in [5, 5.41) is 0. The first-order valence-corrected chi connectivity index (χ1v) is 4.84. The maximum Gasteiger partial charge on any atom is -0.0144 e. The van der Waals surface area contributed by atoms with Gasteiger partial charge in [-0.2, -0.15) is 0 Å². The highest BCUT2D eigenvalue weighted by Gasteiger charge is 1.89. The minimum atomic E-state index is 0.955. The summed E-state index contributed by atoms with van der Waals surface area (Å²) in [6.45, 7) is 11.3. The number of allylic oxidation sites excluding steroid dienone is 5. The molecule has 0 N–H and O–H groups in total. The highest BCUT2D eigenvalue weighted by Crippen LogP contribution is 2.09. The maximum atomic E-state index is 3.97. The topological polar surface area (TPSA) is 0 Å². The van der Waals surface area contributed by atoms with Crippen molar-refractivity contribution in [3.8, 4) is 0 Å². The van der Waals surface area contributed by atoms with Crippen LogP contribution in [0, 0.1) is 0 Å². The molecular formula is C13H20. The van der Waals surface area contributed by atoms with Crippen LogP contribution in [0.1, 0.15) is 32.1 Å². The first-order chi connectivity index (χ1) is 6.31. The Morgan fingerprint density at radius 3 is 2.46 bits per heavy atom. The van der Waals surface area contributed by atoms with Gasteiger partial charge in [-0.05, 0) is 32.1 Å². The van der Waals surface area contributed by atoms with E-state index in [0.29, 0.717) is 0 Å². The number of hydrogen-bond donors (Lipinski definition) is 0. The minimum Gasteiger partial charge on any atom is -0.103 e. The van der Waals surface area contributed by atoms with Crippen molar-refractivity contribution in [3.63, 3.8) is 0 Å². The molecule has 0 saturated heterocycles. The van der Waals surface area contributed by atoms with Crippen LogP contribution in [0.4, 0.5) is 0 Å². The Bertz CT molecular complexity index is 184. The fraction of sp³-hybridized carbons (Fsp3) is 0.385. The first-order valence-electron chi connectivity index (χ1n) is 4.84. The number of rotatable bonds is 8. The van der Waals surface area contributed by atoms with Gasteiger partial charge in [-0.1, -0.05) is 36.5 Å². The third kappa shape index (κ3) is 8.87. The van der Waals surface area contributed by atoms with Crippen LogP contribution in [0.3, 0.4) is 0 Å². The molecule has 0 aliphatic carbocycles. The lowest BCUT2D eigenvalue weighted by atomic mass is 10.1. The second kappa shape index (κ2) is 9.05. The van der Waals surface area contributed by atoms with Gasteiger partial charge >= 0.3 is 0 Å². The van der Waals surface area contributed by atoms with Crippen molar-refractivity contribution in [2.75, 3.05) is 0 Å². The third-order valence-corrected chi connectivity index (χ3v) is 1.80. The van der Waals surface area contributed by atoms with Crippen molar-refractivity contribution in [1.82, 2.24) is 0 Å². The zero-order chi connectivity index (χ0) is 9.94. The maximum absolute atomic E-state index is 3.97. The number of hydrogen-bond acceptors (Lipinski definition) is 0. The van der Waals surface area contributed by atoms with Crippen molar-refractivity contribution in [2.45, 2.75) is 32.1 Å². The molecule has 0 unspecified atom stereocenters. The van der Waals surface area contributed by atoms with Crippen LogP contribution in [0.25, 0.3) is 0 Å². The van der Waals surface area contributed by atoms with Crippen LogP contribution in [0.2, 0.25) is 0 Å². The molecule has 0 aliphatic rings. The molecular weight excluding hydrogens is 156 g/mol. The van der Waals surface area contributed by atoms with E-state index >= 15 is 0 Å². The zero-order valence-corrected chi connectivity index (χ0v) is 8.47. The second-order valence-electron chi connectivity index (χ2n) is 3.13. The molecule has 0 fully saturated rings. The summed E-state index contributed by atoms with van der Waals surface area (Å²) in [6, 6.07) is 0. The molecule has 0 aromatic heterocycles. The van der Waals surface area contributed by atoms with Gasteiger partial charge in [0.05, 0.1) is 0 Å². The Morgan fingerprint density at radius 1 is 1.08 bits per heavy atom. The van der Waals surface area contributed by atoms with Gasteiger partial charge in [-0.15, -0.1) is 13.2 Å². The Hall–Kier alpha value is -1.04. The molecule has 0 rings (SSSR count). The van der Waals surface area contributed by atoms with Gasteiger partial charge in [0.1, 0.15) is 0 Å². The molecule has 13 heavy (non-hydrogen) atoms. The lowest BCUT2D eigenvalue weighted by Crippen LogP contribution is -1.79. The monoisotopic (exact) mass is 176 g/mol. The van der Waals surface area contributed by atoms with Gasteiger partial charge in [0.15, 0.2) is 0 Å². The molecule has 0 aromatic rings. The van der Waals surface area contributed by atoms with Crippen LogP contribution >= 0.6 is 0 Å². The fourth-order valence-electron chi connectivity index (χ4n) is 1.09. The Labute approximate surface area is 82.4 Å². The number of unbranched alkanes of at least 4 members (excludes halogenated alkanes) is 1.